The van der Waals surface area contributed by atoms with Gasteiger partial charge in [-0.05, 0) is 43.5 Å². The van der Waals surface area contributed by atoms with Gasteiger partial charge < -0.3 is 9.88 Å². The Bertz CT molecular complexity index is 543. The zero-order valence-corrected chi connectivity index (χ0v) is 9.91. The second-order valence-electron chi connectivity index (χ2n) is 4.79. The lowest BCUT2D eigenvalue weighted by molar-refractivity contribution is 0.606. The Morgan fingerprint density at radius 3 is 3.06 bits per heavy atom. The molecule has 1 fully saturated rings. The van der Waals surface area contributed by atoms with E-state index in [1.165, 1.54) is 25.0 Å². The maximum Gasteiger partial charge on any atom is 0.125 e. The summed E-state index contributed by atoms with van der Waals surface area (Å²) in [5.74, 6) is 1.62. The summed E-state index contributed by atoms with van der Waals surface area (Å²) in [7, 11) is 1.93. The standard InChI is InChI=1S/C13H16FN3/c1-17-12-6-10(14)4-5-11(12)16-13(17)8-15-7-9-2-3-9/h4-6,9,15H,2-3,7-8H2,1H3. The normalized spacial score (nSPS) is 15.6. The molecule has 0 amide bonds. The number of benzene rings is 1. The van der Waals surface area contributed by atoms with E-state index in [0.717, 1.165) is 35.9 Å². The summed E-state index contributed by atoms with van der Waals surface area (Å²) in [4.78, 5) is 4.50. The molecule has 1 aromatic carbocycles. The summed E-state index contributed by atoms with van der Waals surface area (Å²) in [5.41, 5.74) is 1.71. The predicted octanol–water partition coefficient (Wildman–Crippen LogP) is 2.21. The summed E-state index contributed by atoms with van der Waals surface area (Å²) >= 11 is 0. The molecule has 2 aromatic rings. The Labute approximate surface area is 99.7 Å². The predicted molar refractivity (Wildman–Crippen MR) is 65.1 cm³/mol. The number of aryl methyl sites for hydroxylation is 1. The lowest BCUT2D eigenvalue weighted by Gasteiger charge is -2.03. The smallest absolute Gasteiger partial charge is 0.125 e. The zero-order valence-electron chi connectivity index (χ0n) is 9.91. The van der Waals surface area contributed by atoms with Crippen molar-refractivity contribution < 1.29 is 4.39 Å². The van der Waals surface area contributed by atoms with Gasteiger partial charge in [-0.15, -0.1) is 0 Å². The van der Waals surface area contributed by atoms with Crippen molar-refractivity contribution in [2.75, 3.05) is 6.54 Å². The van der Waals surface area contributed by atoms with Crippen molar-refractivity contribution in [1.82, 2.24) is 14.9 Å². The molecule has 1 heterocycles. The van der Waals surface area contributed by atoms with Gasteiger partial charge in [0.15, 0.2) is 0 Å². The minimum atomic E-state index is -0.210. The number of halogens is 1. The van der Waals surface area contributed by atoms with Crippen molar-refractivity contribution in [2.24, 2.45) is 13.0 Å². The number of hydrogen-bond acceptors (Lipinski definition) is 2. The Morgan fingerprint density at radius 2 is 2.29 bits per heavy atom. The van der Waals surface area contributed by atoms with Gasteiger partial charge in [0, 0.05) is 7.05 Å². The SMILES string of the molecule is Cn1c(CNCC2CC2)nc2ccc(F)cc21. The van der Waals surface area contributed by atoms with Gasteiger partial charge in [-0.2, -0.15) is 0 Å². The fourth-order valence-electron chi connectivity index (χ4n) is 2.08. The van der Waals surface area contributed by atoms with E-state index < -0.39 is 0 Å². The highest BCUT2D eigenvalue weighted by Gasteiger charge is 2.20. The first-order valence-corrected chi connectivity index (χ1v) is 6.05. The molecule has 1 aliphatic carbocycles. The first-order valence-electron chi connectivity index (χ1n) is 6.05. The zero-order chi connectivity index (χ0) is 11.8. The van der Waals surface area contributed by atoms with Crippen LogP contribution in [0.25, 0.3) is 11.0 Å². The van der Waals surface area contributed by atoms with E-state index in [0.29, 0.717) is 0 Å². The van der Waals surface area contributed by atoms with Crippen LogP contribution in [-0.4, -0.2) is 16.1 Å². The Balaban J connectivity index is 1.80. The van der Waals surface area contributed by atoms with E-state index in [2.05, 4.69) is 10.3 Å². The molecule has 17 heavy (non-hydrogen) atoms. The van der Waals surface area contributed by atoms with Crippen LogP contribution in [0, 0.1) is 11.7 Å². The number of hydrogen-bond donors (Lipinski definition) is 1. The van der Waals surface area contributed by atoms with Crippen LogP contribution in [0.3, 0.4) is 0 Å². The highest BCUT2D eigenvalue weighted by Crippen LogP contribution is 2.27. The lowest BCUT2D eigenvalue weighted by atomic mass is 10.3. The molecule has 1 aliphatic rings. The second-order valence-corrected chi connectivity index (χ2v) is 4.79. The van der Waals surface area contributed by atoms with Crippen LogP contribution in [0.15, 0.2) is 18.2 Å². The second kappa shape index (κ2) is 4.11. The van der Waals surface area contributed by atoms with Gasteiger partial charge in [-0.3, -0.25) is 0 Å². The Kier molecular flexibility index (Phi) is 2.59. The molecule has 3 rings (SSSR count). The number of nitrogens with one attached hydrogen (secondary N) is 1. The molecule has 0 unspecified atom stereocenters. The Morgan fingerprint density at radius 1 is 1.47 bits per heavy atom. The molecule has 0 spiro atoms. The lowest BCUT2D eigenvalue weighted by Crippen LogP contribution is -2.18. The summed E-state index contributed by atoms with van der Waals surface area (Å²) in [6, 6.07) is 4.72. The third-order valence-electron chi connectivity index (χ3n) is 3.35. The van der Waals surface area contributed by atoms with Crippen molar-refractivity contribution in [3.8, 4) is 0 Å². The molecular weight excluding hydrogens is 217 g/mol. The Hall–Kier alpha value is -1.42. The van der Waals surface area contributed by atoms with Gasteiger partial charge in [-0.25, -0.2) is 9.37 Å². The average Bonchev–Trinajstić information content (AvgIpc) is 3.08. The number of rotatable bonds is 4. The molecular formula is C13H16FN3. The maximum atomic E-state index is 13.1. The maximum absolute atomic E-state index is 13.1. The number of nitrogens with zero attached hydrogens (tertiary/aromatic N) is 2. The van der Waals surface area contributed by atoms with Crippen LogP contribution in [0.1, 0.15) is 18.7 Å². The van der Waals surface area contributed by atoms with Gasteiger partial charge in [-0.1, -0.05) is 0 Å². The molecule has 4 heteroatoms. The van der Waals surface area contributed by atoms with E-state index in [4.69, 9.17) is 0 Å². The summed E-state index contributed by atoms with van der Waals surface area (Å²) in [6.07, 6.45) is 2.70. The van der Waals surface area contributed by atoms with Crippen molar-refractivity contribution in [3.05, 3.63) is 29.8 Å². The third-order valence-corrected chi connectivity index (χ3v) is 3.35. The van der Waals surface area contributed by atoms with E-state index in [9.17, 15) is 4.39 Å². The van der Waals surface area contributed by atoms with Crippen molar-refractivity contribution in [1.29, 1.82) is 0 Å². The van der Waals surface area contributed by atoms with Crippen LogP contribution in [-0.2, 0) is 13.6 Å². The van der Waals surface area contributed by atoms with Crippen LogP contribution in [0.4, 0.5) is 4.39 Å². The monoisotopic (exact) mass is 233 g/mol. The molecule has 1 aromatic heterocycles. The van der Waals surface area contributed by atoms with E-state index in [-0.39, 0.29) is 5.82 Å². The van der Waals surface area contributed by atoms with Crippen LogP contribution in [0.2, 0.25) is 0 Å². The van der Waals surface area contributed by atoms with E-state index in [1.54, 1.807) is 6.07 Å². The van der Waals surface area contributed by atoms with E-state index in [1.807, 2.05) is 11.6 Å². The van der Waals surface area contributed by atoms with Gasteiger partial charge in [0.1, 0.15) is 11.6 Å². The van der Waals surface area contributed by atoms with Gasteiger partial charge in [0.05, 0.1) is 17.6 Å². The molecule has 90 valence electrons. The highest BCUT2D eigenvalue weighted by atomic mass is 19.1. The third kappa shape index (κ3) is 2.17. The largest absolute Gasteiger partial charge is 0.330 e. The summed E-state index contributed by atoms with van der Waals surface area (Å²) < 4.78 is 15.1. The number of aromatic nitrogens is 2. The fraction of sp³-hybridized carbons (Fsp3) is 0.462. The van der Waals surface area contributed by atoms with Crippen molar-refractivity contribution in [3.63, 3.8) is 0 Å². The topological polar surface area (TPSA) is 29.9 Å². The average molecular weight is 233 g/mol. The molecule has 0 aliphatic heterocycles. The molecule has 1 N–H and O–H groups in total. The minimum absolute atomic E-state index is 0.210. The molecule has 3 nitrogen and oxygen atoms in total. The van der Waals surface area contributed by atoms with Crippen LogP contribution >= 0.6 is 0 Å². The highest BCUT2D eigenvalue weighted by molar-refractivity contribution is 5.75. The molecule has 1 saturated carbocycles. The molecule has 0 bridgehead atoms. The number of fused-ring (bicyclic) bond motifs is 1. The van der Waals surface area contributed by atoms with Gasteiger partial charge in [0.2, 0.25) is 0 Å². The van der Waals surface area contributed by atoms with Gasteiger partial charge in [0.25, 0.3) is 0 Å². The fourth-order valence-corrected chi connectivity index (χ4v) is 2.08. The van der Waals surface area contributed by atoms with Crippen molar-refractivity contribution >= 4 is 11.0 Å². The number of imidazole rings is 1. The first-order chi connectivity index (χ1) is 8.24. The minimum Gasteiger partial charge on any atom is -0.330 e. The van der Waals surface area contributed by atoms with Crippen molar-refractivity contribution in [2.45, 2.75) is 19.4 Å². The molecule has 0 atom stereocenters. The van der Waals surface area contributed by atoms with Crippen LogP contribution < -0.4 is 5.32 Å². The first kappa shape index (κ1) is 10.7. The van der Waals surface area contributed by atoms with Gasteiger partial charge >= 0.3 is 0 Å². The molecule has 0 saturated heterocycles. The van der Waals surface area contributed by atoms with E-state index >= 15 is 0 Å². The quantitative estimate of drug-likeness (QED) is 0.877. The summed E-state index contributed by atoms with van der Waals surface area (Å²) in [6.45, 7) is 1.82. The van der Waals surface area contributed by atoms with Crippen LogP contribution in [0.5, 0.6) is 0 Å². The molecule has 0 radical (unpaired) electrons. The summed E-state index contributed by atoms with van der Waals surface area (Å²) in [5, 5.41) is 3.40.